The highest BCUT2D eigenvalue weighted by molar-refractivity contribution is 5.94. The number of aromatic nitrogens is 3. The molecule has 3 N–H and O–H groups in total. The molecule has 0 atom stereocenters. The van der Waals surface area contributed by atoms with E-state index in [9.17, 15) is 19.5 Å². The van der Waals surface area contributed by atoms with Gasteiger partial charge in [0.2, 0.25) is 5.88 Å². The molecule has 0 spiro atoms. The number of amides is 1. The molecule has 1 fully saturated rings. The highest BCUT2D eigenvalue weighted by Crippen LogP contribution is 2.29. The van der Waals surface area contributed by atoms with Crippen LogP contribution in [0, 0.1) is 0 Å². The smallest absolute Gasteiger partial charge is 0.331 e. The number of aromatic amines is 1. The Morgan fingerprint density at radius 2 is 1.96 bits per heavy atom. The van der Waals surface area contributed by atoms with Crippen LogP contribution in [0.4, 0.5) is 0 Å². The Bertz CT molecular complexity index is 926. The zero-order valence-corrected chi connectivity index (χ0v) is 14.0. The van der Waals surface area contributed by atoms with Gasteiger partial charge in [0.15, 0.2) is 0 Å². The summed E-state index contributed by atoms with van der Waals surface area (Å²) in [5.41, 5.74) is 1.04. The summed E-state index contributed by atoms with van der Waals surface area (Å²) < 4.78 is 1.20. The van der Waals surface area contributed by atoms with Crippen molar-refractivity contribution in [2.24, 2.45) is 5.10 Å². The lowest BCUT2D eigenvalue weighted by molar-refractivity contribution is 0.0955. The third kappa shape index (κ3) is 3.71. The van der Waals surface area contributed by atoms with Crippen LogP contribution in [0.1, 0.15) is 54.1 Å². The molecule has 1 amide bonds. The van der Waals surface area contributed by atoms with Crippen molar-refractivity contribution in [3.8, 4) is 5.88 Å². The summed E-state index contributed by atoms with van der Waals surface area (Å²) in [4.78, 5) is 42.0. The fraction of sp³-hybridized carbons (Fsp3) is 0.353. The van der Waals surface area contributed by atoms with Gasteiger partial charge < -0.3 is 5.11 Å². The molecule has 3 rings (SSSR count). The molecule has 0 bridgehead atoms. The summed E-state index contributed by atoms with van der Waals surface area (Å²) in [6.07, 6.45) is 8.49. The number of pyridine rings is 1. The molecule has 0 aromatic carbocycles. The predicted octanol–water partition coefficient (Wildman–Crippen LogP) is 0.906. The van der Waals surface area contributed by atoms with E-state index >= 15 is 0 Å². The zero-order valence-electron chi connectivity index (χ0n) is 14.0. The quantitative estimate of drug-likeness (QED) is 0.553. The first-order chi connectivity index (χ1) is 12.6. The van der Waals surface area contributed by atoms with Crippen LogP contribution < -0.4 is 16.7 Å². The Labute approximate surface area is 148 Å². The fourth-order valence-corrected chi connectivity index (χ4v) is 3.07. The first-order valence-electron chi connectivity index (χ1n) is 8.39. The number of hydrogen-bond acceptors (Lipinski definition) is 6. The molecule has 136 valence electrons. The largest absolute Gasteiger partial charge is 0.494 e. The molecular formula is C17H19N5O4. The maximum absolute atomic E-state index is 12.1. The average molecular weight is 357 g/mol. The lowest BCUT2D eigenvalue weighted by Crippen LogP contribution is -2.35. The Hall–Kier alpha value is -3.23. The van der Waals surface area contributed by atoms with E-state index in [2.05, 4.69) is 20.5 Å². The number of hydrazone groups is 1. The minimum atomic E-state index is -0.763. The topological polar surface area (TPSA) is 129 Å². The second-order valence-electron chi connectivity index (χ2n) is 6.09. The SMILES string of the molecule is O=C(NN=Cc1c(O)n(C2CCCCC2)c(=O)[nH]c1=O)c1ccncc1. The Balaban J connectivity index is 1.84. The van der Waals surface area contributed by atoms with E-state index in [1.165, 1.54) is 29.1 Å². The number of rotatable bonds is 4. The molecule has 0 unspecified atom stereocenters. The first-order valence-corrected chi connectivity index (χ1v) is 8.39. The molecule has 26 heavy (non-hydrogen) atoms. The number of carbonyl (C=O) groups is 1. The van der Waals surface area contributed by atoms with Crippen molar-refractivity contribution < 1.29 is 9.90 Å². The van der Waals surface area contributed by atoms with Crippen molar-refractivity contribution >= 4 is 12.1 Å². The van der Waals surface area contributed by atoms with Gasteiger partial charge in [-0.1, -0.05) is 19.3 Å². The summed E-state index contributed by atoms with van der Waals surface area (Å²) in [5.74, 6) is -0.923. The number of aromatic hydroxyl groups is 1. The van der Waals surface area contributed by atoms with Crippen molar-refractivity contribution in [1.82, 2.24) is 20.0 Å². The van der Waals surface area contributed by atoms with Crippen molar-refractivity contribution in [2.75, 3.05) is 0 Å². The molecule has 2 heterocycles. The van der Waals surface area contributed by atoms with Crippen LogP contribution in [-0.4, -0.2) is 31.8 Å². The molecule has 0 radical (unpaired) electrons. The maximum atomic E-state index is 12.1. The van der Waals surface area contributed by atoms with Gasteiger partial charge in [0.05, 0.1) is 6.21 Å². The number of nitrogens with one attached hydrogen (secondary N) is 2. The predicted molar refractivity (Wildman–Crippen MR) is 94.4 cm³/mol. The van der Waals surface area contributed by atoms with Crippen LogP contribution >= 0.6 is 0 Å². The van der Waals surface area contributed by atoms with E-state index in [1.807, 2.05) is 0 Å². The molecule has 9 heteroatoms. The van der Waals surface area contributed by atoms with Gasteiger partial charge in [0.1, 0.15) is 5.56 Å². The molecule has 1 saturated carbocycles. The number of nitrogens with zero attached hydrogens (tertiary/aromatic N) is 3. The first kappa shape index (κ1) is 17.6. The van der Waals surface area contributed by atoms with Crippen molar-refractivity contribution in [2.45, 2.75) is 38.1 Å². The average Bonchev–Trinajstić information content (AvgIpc) is 2.65. The number of H-pyrrole nitrogens is 1. The van der Waals surface area contributed by atoms with Crippen molar-refractivity contribution in [1.29, 1.82) is 0 Å². The summed E-state index contributed by atoms with van der Waals surface area (Å²) in [6, 6.07) is 2.86. The number of carbonyl (C=O) groups excluding carboxylic acids is 1. The van der Waals surface area contributed by atoms with Gasteiger partial charge in [-0.15, -0.1) is 0 Å². The summed E-state index contributed by atoms with van der Waals surface area (Å²) in [7, 11) is 0. The van der Waals surface area contributed by atoms with E-state index in [1.54, 1.807) is 0 Å². The van der Waals surface area contributed by atoms with Gasteiger partial charge in [-0.25, -0.2) is 10.2 Å². The minimum Gasteiger partial charge on any atom is -0.494 e. The van der Waals surface area contributed by atoms with Crippen LogP contribution in [0.2, 0.25) is 0 Å². The van der Waals surface area contributed by atoms with Gasteiger partial charge in [0, 0.05) is 24.0 Å². The van der Waals surface area contributed by atoms with E-state index in [0.717, 1.165) is 38.3 Å². The van der Waals surface area contributed by atoms with Gasteiger partial charge in [0.25, 0.3) is 11.5 Å². The Morgan fingerprint density at radius 1 is 1.27 bits per heavy atom. The monoisotopic (exact) mass is 357 g/mol. The normalized spacial score (nSPS) is 15.2. The maximum Gasteiger partial charge on any atom is 0.331 e. The molecule has 0 saturated heterocycles. The molecule has 2 aromatic rings. The van der Waals surface area contributed by atoms with Gasteiger partial charge >= 0.3 is 5.69 Å². The van der Waals surface area contributed by atoms with Crippen molar-refractivity contribution in [3.63, 3.8) is 0 Å². The number of hydrogen-bond donors (Lipinski definition) is 3. The summed E-state index contributed by atoms with van der Waals surface area (Å²) >= 11 is 0. The summed E-state index contributed by atoms with van der Waals surface area (Å²) in [5, 5.41) is 14.1. The van der Waals surface area contributed by atoms with E-state index in [0.29, 0.717) is 5.56 Å². The van der Waals surface area contributed by atoms with Crippen LogP contribution in [0.3, 0.4) is 0 Å². The molecule has 0 aliphatic heterocycles. The van der Waals surface area contributed by atoms with Crippen LogP contribution in [-0.2, 0) is 0 Å². The standard InChI is InChI=1S/C17H19N5O4/c23-14(11-6-8-18-9-7-11)21-19-10-13-15(24)20-17(26)22(16(13)25)12-4-2-1-3-5-12/h6-10,12,25H,1-5H2,(H,21,23)(H,20,24,26). The van der Waals surface area contributed by atoms with Crippen LogP contribution in [0.15, 0.2) is 39.2 Å². The molecule has 9 nitrogen and oxygen atoms in total. The minimum absolute atomic E-state index is 0.161. The van der Waals surface area contributed by atoms with Gasteiger partial charge in [-0.2, -0.15) is 5.10 Å². The second kappa shape index (κ2) is 7.77. The van der Waals surface area contributed by atoms with E-state index in [-0.39, 0.29) is 11.6 Å². The zero-order chi connectivity index (χ0) is 18.5. The van der Waals surface area contributed by atoms with Crippen molar-refractivity contribution in [3.05, 3.63) is 56.5 Å². The molecule has 1 aliphatic rings. The van der Waals surface area contributed by atoms with Gasteiger partial charge in [-0.05, 0) is 25.0 Å². The van der Waals surface area contributed by atoms with Gasteiger partial charge in [-0.3, -0.25) is 24.1 Å². The third-order valence-electron chi connectivity index (χ3n) is 4.40. The second-order valence-corrected chi connectivity index (χ2v) is 6.09. The molecule has 2 aromatic heterocycles. The van der Waals surface area contributed by atoms with E-state index < -0.39 is 23.0 Å². The molecule has 1 aliphatic carbocycles. The Kier molecular flexibility index (Phi) is 5.26. The fourth-order valence-electron chi connectivity index (χ4n) is 3.07. The lowest BCUT2D eigenvalue weighted by atomic mass is 9.95. The highest BCUT2D eigenvalue weighted by Gasteiger charge is 2.22. The molecular weight excluding hydrogens is 338 g/mol. The highest BCUT2D eigenvalue weighted by atomic mass is 16.3. The summed E-state index contributed by atoms with van der Waals surface area (Å²) in [6.45, 7) is 0. The van der Waals surface area contributed by atoms with Crippen LogP contribution in [0.25, 0.3) is 0 Å². The lowest BCUT2D eigenvalue weighted by Gasteiger charge is -2.24. The third-order valence-corrected chi connectivity index (χ3v) is 4.40. The van der Waals surface area contributed by atoms with E-state index in [4.69, 9.17) is 0 Å². The Morgan fingerprint density at radius 3 is 2.65 bits per heavy atom. The van der Waals surface area contributed by atoms with Crippen LogP contribution in [0.5, 0.6) is 5.88 Å².